The third-order valence-electron chi connectivity index (χ3n) is 4.07. The number of nitrogens with zero attached hydrogens (tertiary/aromatic N) is 2. The normalized spacial score (nSPS) is 10.9. The van der Waals surface area contributed by atoms with E-state index in [0.717, 1.165) is 28.6 Å². The predicted octanol–water partition coefficient (Wildman–Crippen LogP) is 5.46. The Morgan fingerprint density at radius 1 is 1.24 bits per heavy atom. The zero-order chi connectivity index (χ0) is 20.8. The molecular formula is C21H22ClN3O3S. The van der Waals surface area contributed by atoms with Crippen LogP contribution in [0.1, 0.15) is 36.8 Å². The number of rotatable bonds is 8. The third kappa shape index (κ3) is 5.98. The number of para-hydroxylation sites is 1. The summed E-state index contributed by atoms with van der Waals surface area (Å²) in [5.74, 6) is 1.43. The fourth-order valence-corrected chi connectivity index (χ4v) is 3.38. The van der Waals surface area contributed by atoms with Gasteiger partial charge in [-0.05, 0) is 42.2 Å². The molecule has 0 spiro atoms. The van der Waals surface area contributed by atoms with E-state index in [0.29, 0.717) is 27.7 Å². The lowest BCUT2D eigenvalue weighted by atomic mass is 10.0. The quantitative estimate of drug-likeness (QED) is 0.477. The van der Waals surface area contributed by atoms with Crippen molar-refractivity contribution in [2.75, 3.05) is 11.1 Å². The van der Waals surface area contributed by atoms with E-state index in [4.69, 9.17) is 20.8 Å². The second-order valence-electron chi connectivity index (χ2n) is 6.76. The Morgan fingerprint density at radius 2 is 2.03 bits per heavy atom. The van der Waals surface area contributed by atoms with E-state index in [2.05, 4.69) is 41.5 Å². The number of anilines is 1. The summed E-state index contributed by atoms with van der Waals surface area (Å²) in [6.45, 7) is 6.42. The van der Waals surface area contributed by atoms with Crippen molar-refractivity contribution in [3.8, 4) is 5.75 Å². The Balaban J connectivity index is 1.53. The maximum absolute atomic E-state index is 12.1. The standard InChI is InChI=1S/C21H22ClN3O3S/c1-13(2)15-9-8-14(3)10-18(15)27-11-20-24-25-21(28-20)29-12-19(26)23-17-7-5-4-6-16(17)22/h4-10,13H,11-12H2,1-3H3,(H,23,26). The van der Waals surface area contributed by atoms with Crippen molar-refractivity contribution in [1.82, 2.24) is 10.2 Å². The molecule has 0 aliphatic rings. The van der Waals surface area contributed by atoms with Crippen LogP contribution in [0, 0.1) is 6.92 Å². The van der Waals surface area contributed by atoms with E-state index in [1.165, 1.54) is 0 Å². The summed E-state index contributed by atoms with van der Waals surface area (Å²) in [4.78, 5) is 12.1. The summed E-state index contributed by atoms with van der Waals surface area (Å²) >= 11 is 7.19. The molecule has 152 valence electrons. The van der Waals surface area contributed by atoms with Crippen LogP contribution in [0.2, 0.25) is 5.02 Å². The molecule has 0 aliphatic heterocycles. The summed E-state index contributed by atoms with van der Waals surface area (Å²) in [6.07, 6.45) is 0. The Hall–Kier alpha value is -2.51. The largest absolute Gasteiger partial charge is 0.484 e. The number of thioether (sulfide) groups is 1. The molecule has 0 unspecified atom stereocenters. The molecule has 1 aromatic heterocycles. The topological polar surface area (TPSA) is 77.2 Å². The van der Waals surface area contributed by atoms with Crippen LogP contribution in [-0.4, -0.2) is 21.9 Å². The minimum absolute atomic E-state index is 0.128. The molecule has 8 heteroatoms. The minimum atomic E-state index is -0.208. The van der Waals surface area contributed by atoms with E-state index in [1.54, 1.807) is 24.3 Å². The van der Waals surface area contributed by atoms with Crippen molar-refractivity contribution in [3.63, 3.8) is 0 Å². The van der Waals surface area contributed by atoms with Gasteiger partial charge in [-0.2, -0.15) is 0 Å². The molecule has 1 heterocycles. The van der Waals surface area contributed by atoms with Crippen LogP contribution in [0.25, 0.3) is 0 Å². The van der Waals surface area contributed by atoms with Crippen LogP contribution in [0.4, 0.5) is 5.69 Å². The van der Waals surface area contributed by atoms with E-state index in [-0.39, 0.29) is 18.3 Å². The molecule has 6 nitrogen and oxygen atoms in total. The monoisotopic (exact) mass is 431 g/mol. The van der Waals surface area contributed by atoms with Crippen LogP contribution >= 0.6 is 23.4 Å². The van der Waals surface area contributed by atoms with E-state index >= 15 is 0 Å². The Labute approximate surface area is 179 Å². The molecule has 0 atom stereocenters. The van der Waals surface area contributed by atoms with Gasteiger partial charge in [0, 0.05) is 0 Å². The molecule has 3 rings (SSSR count). The van der Waals surface area contributed by atoms with Gasteiger partial charge in [0.25, 0.3) is 11.1 Å². The first-order chi connectivity index (χ1) is 13.9. The van der Waals surface area contributed by atoms with Crippen molar-refractivity contribution in [2.45, 2.75) is 38.5 Å². The maximum atomic E-state index is 12.1. The van der Waals surface area contributed by atoms with E-state index in [1.807, 2.05) is 13.0 Å². The van der Waals surface area contributed by atoms with Crippen molar-refractivity contribution in [2.24, 2.45) is 0 Å². The predicted molar refractivity (Wildman–Crippen MR) is 115 cm³/mol. The lowest BCUT2D eigenvalue weighted by molar-refractivity contribution is -0.113. The highest BCUT2D eigenvalue weighted by Crippen LogP contribution is 2.28. The third-order valence-corrected chi connectivity index (χ3v) is 5.21. The van der Waals surface area contributed by atoms with Crippen molar-refractivity contribution >= 4 is 35.0 Å². The van der Waals surface area contributed by atoms with E-state index < -0.39 is 0 Å². The number of carbonyl (C=O) groups excluding carboxylic acids is 1. The Morgan fingerprint density at radius 3 is 2.79 bits per heavy atom. The summed E-state index contributed by atoms with van der Waals surface area (Å²) < 4.78 is 11.5. The molecule has 3 aromatic rings. The Kier molecular flexibility index (Phi) is 7.17. The van der Waals surface area contributed by atoms with Gasteiger partial charge in [0.2, 0.25) is 5.91 Å². The molecule has 0 radical (unpaired) electrons. The number of hydrogen-bond acceptors (Lipinski definition) is 6. The fraction of sp³-hybridized carbons (Fsp3) is 0.286. The molecule has 1 N–H and O–H groups in total. The molecule has 2 aromatic carbocycles. The van der Waals surface area contributed by atoms with Gasteiger partial charge in [0.05, 0.1) is 16.5 Å². The van der Waals surface area contributed by atoms with Crippen LogP contribution in [0.3, 0.4) is 0 Å². The molecule has 0 fully saturated rings. The summed E-state index contributed by atoms with van der Waals surface area (Å²) in [5.41, 5.74) is 2.81. The zero-order valence-electron chi connectivity index (χ0n) is 16.4. The van der Waals surface area contributed by atoms with Gasteiger partial charge in [-0.25, -0.2) is 0 Å². The zero-order valence-corrected chi connectivity index (χ0v) is 18.0. The van der Waals surface area contributed by atoms with Gasteiger partial charge in [0.15, 0.2) is 6.61 Å². The second kappa shape index (κ2) is 9.80. The van der Waals surface area contributed by atoms with Crippen molar-refractivity contribution < 1.29 is 13.9 Å². The molecule has 0 aliphatic carbocycles. The van der Waals surface area contributed by atoms with Crippen LogP contribution in [-0.2, 0) is 11.4 Å². The van der Waals surface area contributed by atoms with Crippen LogP contribution < -0.4 is 10.1 Å². The summed E-state index contributed by atoms with van der Waals surface area (Å²) in [6, 6.07) is 13.2. The Bertz CT molecular complexity index is 991. The van der Waals surface area contributed by atoms with Gasteiger partial charge in [-0.15, -0.1) is 10.2 Å². The SMILES string of the molecule is Cc1ccc(C(C)C)c(OCc2nnc(SCC(=O)Nc3ccccc3Cl)o2)c1. The van der Waals surface area contributed by atoms with Crippen LogP contribution in [0.5, 0.6) is 5.75 Å². The van der Waals surface area contributed by atoms with Gasteiger partial charge in [0.1, 0.15) is 5.75 Å². The number of carbonyl (C=O) groups is 1. The number of nitrogens with one attached hydrogen (secondary N) is 1. The molecule has 1 amide bonds. The number of hydrogen-bond donors (Lipinski definition) is 1. The first-order valence-corrected chi connectivity index (χ1v) is 10.5. The highest BCUT2D eigenvalue weighted by molar-refractivity contribution is 7.99. The average Bonchev–Trinajstić information content (AvgIpc) is 3.14. The number of ether oxygens (including phenoxy) is 1. The number of benzene rings is 2. The average molecular weight is 432 g/mol. The van der Waals surface area contributed by atoms with Gasteiger partial charge in [-0.1, -0.05) is 61.5 Å². The maximum Gasteiger partial charge on any atom is 0.277 e. The van der Waals surface area contributed by atoms with Gasteiger partial charge >= 0.3 is 0 Å². The molecule has 0 saturated carbocycles. The summed E-state index contributed by atoms with van der Waals surface area (Å²) in [7, 11) is 0. The minimum Gasteiger partial charge on any atom is -0.484 e. The fourth-order valence-electron chi connectivity index (χ4n) is 2.61. The molecule has 29 heavy (non-hydrogen) atoms. The first-order valence-electron chi connectivity index (χ1n) is 9.15. The highest BCUT2D eigenvalue weighted by Gasteiger charge is 2.13. The summed E-state index contributed by atoms with van der Waals surface area (Å²) in [5, 5.41) is 11.5. The lowest BCUT2D eigenvalue weighted by Crippen LogP contribution is -2.14. The number of aromatic nitrogens is 2. The van der Waals surface area contributed by atoms with E-state index in [9.17, 15) is 4.79 Å². The number of amides is 1. The smallest absolute Gasteiger partial charge is 0.277 e. The number of halogens is 1. The number of aryl methyl sites for hydroxylation is 1. The lowest BCUT2D eigenvalue weighted by Gasteiger charge is -2.13. The van der Waals surface area contributed by atoms with Gasteiger partial charge in [-0.3, -0.25) is 4.79 Å². The molecule has 0 saturated heterocycles. The van der Waals surface area contributed by atoms with Crippen molar-refractivity contribution in [1.29, 1.82) is 0 Å². The van der Waals surface area contributed by atoms with Crippen LogP contribution in [0.15, 0.2) is 52.1 Å². The molecular weight excluding hydrogens is 410 g/mol. The second-order valence-corrected chi connectivity index (χ2v) is 8.10. The van der Waals surface area contributed by atoms with Gasteiger partial charge < -0.3 is 14.5 Å². The van der Waals surface area contributed by atoms with Crippen molar-refractivity contribution in [3.05, 3.63) is 64.5 Å². The molecule has 0 bridgehead atoms. The first kappa shape index (κ1) is 21.2. The highest BCUT2D eigenvalue weighted by atomic mass is 35.5.